The van der Waals surface area contributed by atoms with Crippen LogP contribution < -0.4 is 16.2 Å². The van der Waals surface area contributed by atoms with E-state index < -0.39 is 11.6 Å². The Morgan fingerprint density at radius 3 is 2.82 bits per heavy atom. The van der Waals surface area contributed by atoms with E-state index >= 15 is 4.39 Å². The Hall–Kier alpha value is -3.39. The van der Waals surface area contributed by atoms with Crippen molar-refractivity contribution in [1.82, 2.24) is 9.88 Å². The minimum absolute atomic E-state index is 0.104. The zero-order valence-corrected chi connectivity index (χ0v) is 22.6. The van der Waals surface area contributed by atoms with Gasteiger partial charge in [0.15, 0.2) is 5.82 Å². The number of rotatable bonds is 4. The van der Waals surface area contributed by atoms with Gasteiger partial charge in [-0.2, -0.15) is 5.26 Å². The van der Waals surface area contributed by atoms with Crippen molar-refractivity contribution in [1.29, 1.82) is 5.26 Å². The highest BCUT2D eigenvalue weighted by molar-refractivity contribution is 7.23. The second-order valence-corrected chi connectivity index (χ2v) is 10.6. The number of likely N-dealkylation sites (tertiary alicyclic amines) is 1. The van der Waals surface area contributed by atoms with Gasteiger partial charge in [0.25, 0.3) is 0 Å². The number of methoxy groups -OCH3 is 1. The molecule has 7 nitrogen and oxygen atoms in total. The maximum absolute atomic E-state index is 16.7. The van der Waals surface area contributed by atoms with Crippen molar-refractivity contribution in [3.8, 4) is 17.3 Å². The third-order valence-corrected chi connectivity index (χ3v) is 8.54. The van der Waals surface area contributed by atoms with E-state index in [2.05, 4.69) is 16.0 Å². The normalized spacial score (nSPS) is 18.9. The maximum atomic E-state index is 16.7. The van der Waals surface area contributed by atoms with Crippen LogP contribution in [-0.2, 0) is 22.7 Å². The van der Waals surface area contributed by atoms with Crippen LogP contribution in [-0.4, -0.2) is 42.0 Å². The van der Waals surface area contributed by atoms with Crippen LogP contribution in [0.25, 0.3) is 33.1 Å². The molecule has 3 aromatic rings. The van der Waals surface area contributed by atoms with Crippen LogP contribution >= 0.6 is 11.3 Å². The molecule has 10 heteroatoms. The third-order valence-electron chi connectivity index (χ3n) is 7.51. The lowest BCUT2D eigenvalue weighted by molar-refractivity contribution is 0.114. The van der Waals surface area contributed by atoms with Crippen LogP contribution in [0.5, 0.6) is 0 Å². The molecule has 198 valence electrons. The molecule has 0 spiro atoms. The smallest absolute Gasteiger partial charge is 0.159 e. The molecule has 1 aromatic carbocycles. The Labute approximate surface area is 223 Å². The Bertz CT molecular complexity index is 1640. The summed E-state index contributed by atoms with van der Waals surface area (Å²) in [6.45, 7) is 7.85. The molecule has 1 saturated heterocycles. The topological polar surface area (TPSA) is 96.8 Å². The monoisotopic (exact) mass is 537 g/mol. The second kappa shape index (κ2) is 10.4. The highest BCUT2D eigenvalue weighted by atomic mass is 32.1. The first-order chi connectivity index (χ1) is 18.3. The fraction of sp³-hybridized carbons (Fsp3) is 0.393. The molecule has 2 aliphatic rings. The summed E-state index contributed by atoms with van der Waals surface area (Å²) in [6.07, 6.45) is 4.50. The number of anilines is 1. The predicted molar refractivity (Wildman–Crippen MR) is 146 cm³/mol. The summed E-state index contributed by atoms with van der Waals surface area (Å²) < 4.78 is 42.9. The average molecular weight is 538 g/mol. The van der Waals surface area contributed by atoms with E-state index in [0.29, 0.717) is 22.4 Å². The fourth-order valence-corrected chi connectivity index (χ4v) is 6.17. The number of hydrogen-bond donors (Lipinski definition) is 1. The number of nitrogen functional groups attached to an aromatic ring is 1. The van der Waals surface area contributed by atoms with E-state index in [1.165, 1.54) is 0 Å². The number of ether oxygens (including phenoxy) is 2. The summed E-state index contributed by atoms with van der Waals surface area (Å²) in [4.78, 5) is 11.2. The predicted octanol–water partition coefficient (Wildman–Crippen LogP) is 4.18. The van der Waals surface area contributed by atoms with Crippen molar-refractivity contribution in [2.24, 2.45) is 4.99 Å². The first-order valence-corrected chi connectivity index (χ1v) is 13.3. The van der Waals surface area contributed by atoms with Gasteiger partial charge in [0.05, 0.1) is 41.5 Å². The zero-order chi connectivity index (χ0) is 27.1. The van der Waals surface area contributed by atoms with E-state index in [1.54, 1.807) is 13.3 Å². The molecule has 1 atom stereocenters. The van der Waals surface area contributed by atoms with E-state index in [9.17, 15) is 9.65 Å². The largest absolute Gasteiger partial charge is 0.389 e. The van der Waals surface area contributed by atoms with Crippen LogP contribution in [0.15, 0.2) is 11.2 Å². The molecule has 1 fully saturated rings. The fourth-order valence-electron chi connectivity index (χ4n) is 5.24. The van der Waals surface area contributed by atoms with E-state index in [4.69, 9.17) is 20.2 Å². The molecule has 0 radical (unpaired) electrons. The molecule has 0 amide bonds. The van der Waals surface area contributed by atoms with Crippen molar-refractivity contribution >= 4 is 44.0 Å². The minimum Gasteiger partial charge on any atom is -0.389 e. The zero-order valence-electron chi connectivity index (χ0n) is 21.8. The molecule has 1 unspecified atom stereocenters. The van der Waals surface area contributed by atoms with Gasteiger partial charge in [-0.05, 0) is 37.8 Å². The number of nitrogens with zero attached hydrogens (tertiary/aromatic N) is 4. The lowest BCUT2D eigenvalue weighted by atomic mass is 9.92. The van der Waals surface area contributed by atoms with E-state index in [1.807, 2.05) is 20.8 Å². The molecular formula is C28H29F2N5O2S. The van der Waals surface area contributed by atoms with Gasteiger partial charge in [0, 0.05) is 47.8 Å². The standard InChI is InChI=1S/C28H29F2N5O2S/c1-5-14(2)22-18(9-33-15(3)35-7-6-16(11-35)36-4)19-12-37-13-20(19)23(25(22)30)26-24-17(8-31)28(32)38-27(24)21(29)10-34-26/h9-10,16H,5-7,11-13,32H2,1-4H3/b18-9-,22-14?,33-15?. The number of aromatic nitrogens is 1. The van der Waals surface area contributed by atoms with Crippen LogP contribution in [0.3, 0.4) is 0 Å². The van der Waals surface area contributed by atoms with E-state index in [-0.39, 0.29) is 51.2 Å². The lowest BCUT2D eigenvalue weighted by Crippen LogP contribution is -2.35. The number of fused-ring (bicyclic) bond motifs is 2. The number of benzene rings is 1. The SMILES string of the molecule is CCC(C)=c1c(F)c(-c2ncc(F)c3sc(N)c(C#N)c23)c2c(/c1=C/N=C(C)N1CCC(OC)C1)COC2. The van der Waals surface area contributed by atoms with Crippen LogP contribution in [0.2, 0.25) is 0 Å². The van der Waals surface area contributed by atoms with Gasteiger partial charge in [-0.25, -0.2) is 13.8 Å². The van der Waals surface area contributed by atoms with Gasteiger partial charge in [-0.3, -0.25) is 4.98 Å². The van der Waals surface area contributed by atoms with Crippen molar-refractivity contribution in [3.05, 3.63) is 45.0 Å². The number of nitriles is 1. The lowest BCUT2D eigenvalue weighted by Gasteiger charge is -2.17. The summed E-state index contributed by atoms with van der Waals surface area (Å²) in [5.74, 6) is -0.252. The Morgan fingerprint density at radius 2 is 2.13 bits per heavy atom. The van der Waals surface area contributed by atoms with Crippen LogP contribution in [0.4, 0.5) is 13.8 Å². The van der Waals surface area contributed by atoms with Crippen LogP contribution in [0, 0.1) is 23.0 Å². The molecule has 2 aromatic heterocycles. The van der Waals surface area contributed by atoms with Crippen molar-refractivity contribution in [3.63, 3.8) is 0 Å². The Balaban J connectivity index is 1.81. The average Bonchev–Trinajstić information content (AvgIpc) is 3.66. The highest BCUT2D eigenvalue weighted by Gasteiger charge is 2.29. The molecule has 0 aliphatic carbocycles. The number of pyridine rings is 1. The molecule has 0 saturated carbocycles. The van der Waals surface area contributed by atoms with E-state index in [0.717, 1.165) is 54.0 Å². The number of thiophene rings is 1. The second-order valence-electron chi connectivity index (χ2n) is 9.57. The molecule has 5 rings (SSSR count). The maximum Gasteiger partial charge on any atom is 0.159 e. The quantitative estimate of drug-likeness (QED) is 0.396. The summed E-state index contributed by atoms with van der Waals surface area (Å²) in [6, 6.07) is 2.05. The molecule has 2 N–H and O–H groups in total. The summed E-state index contributed by atoms with van der Waals surface area (Å²) in [5.41, 5.74) is 8.84. The highest BCUT2D eigenvalue weighted by Crippen LogP contribution is 2.42. The molecule has 2 aliphatic heterocycles. The summed E-state index contributed by atoms with van der Waals surface area (Å²) in [7, 11) is 1.71. The van der Waals surface area contributed by atoms with Gasteiger partial charge >= 0.3 is 0 Å². The number of amidine groups is 1. The van der Waals surface area contributed by atoms with Gasteiger partial charge < -0.3 is 20.1 Å². The number of hydrogen-bond acceptors (Lipinski definition) is 7. The minimum atomic E-state index is -0.598. The molecular weight excluding hydrogens is 508 g/mol. The number of aliphatic imine (C=N–C) groups is 1. The first-order valence-electron chi connectivity index (χ1n) is 12.5. The summed E-state index contributed by atoms with van der Waals surface area (Å²) in [5, 5.41) is 11.3. The van der Waals surface area contributed by atoms with Gasteiger partial charge in [0.1, 0.15) is 22.7 Å². The van der Waals surface area contributed by atoms with Crippen molar-refractivity contribution in [2.75, 3.05) is 25.9 Å². The van der Waals surface area contributed by atoms with Gasteiger partial charge in [-0.1, -0.05) is 12.5 Å². The van der Waals surface area contributed by atoms with Crippen molar-refractivity contribution in [2.45, 2.75) is 52.9 Å². The molecule has 4 heterocycles. The molecule has 0 bridgehead atoms. The summed E-state index contributed by atoms with van der Waals surface area (Å²) >= 11 is 0.965. The number of halogens is 2. The Morgan fingerprint density at radius 1 is 1.37 bits per heavy atom. The van der Waals surface area contributed by atoms with Gasteiger partial charge in [-0.15, -0.1) is 11.3 Å². The van der Waals surface area contributed by atoms with Crippen molar-refractivity contribution < 1.29 is 18.3 Å². The van der Waals surface area contributed by atoms with Gasteiger partial charge in [0.2, 0.25) is 0 Å². The third kappa shape index (κ3) is 4.25. The number of nitrogens with two attached hydrogens (primary N) is 1. The Kier molecular flexibility index (Phi) is 7.18. The molecule has 38 heavy (non-hydrogen) atoms. The van der Waals surface area contributed by atoms with Crippen LogP contribution in [0.1, 0.15) is 50.3 Å². The first kappa shape index (κ1) is 26.2.